The molecule has 2 rings (SSSR count). The monoisotopic (exact) mass is 361 g/mol. The highest BCUT2D eigenvalue weighted by Crippen LogP contribution is 2.20. The third kappa shape index (κ3) is 5.21. The second-order valence-corrected chi connectivity index (χ2v) is 7.18. The topological polar surface area (TPSA) is 75.9 Å². The molecular weight excluding hydrogens is 330 g/mol. The Hall–Kier alpha value is -2.08. The molecule has 1 aliphatic heterocycles. The molecule has 0 saturated carbocycles. The van der Waals surface area contributed by atoms with Crippen LogP contribution in [0.15, 0.2) is 30.3 Å². The first-order valence-electron chi connectivity index (χ1n) is 9.45. The number of benzene rings is 1. The van der Waals surface area contributed by atoms with Gasteiger partial charge in [0.05, 0.1) is 12.1 Å². The van der Waals surface area contributed by atoms with E-state index in [0.29, 0.717) is 19.6 Å². The van der Waals surface area contributed by atoms with Crippen molar-refractivity contribution in [3.8, 4) is 0 Å². The molecule has 0 bridgehead atoms. The molecular formula is C20H31N3O3. The number of hydrogen-bond acceptors (Lipinski definition) is 4. The number of carbonyl (C=O) groups excluding carboxylic acids is 2. The normalized spacial score (nSPS) is 18.0. The molecule has 1 saturated heterocycles. The first-order chi connectivity index (χ1) is 12.4. The van der Waals surface area contributed by atoms with Gasteiger partial charge in [-0.1, -0.05) is 44.2 Å². The second-order valence-electron chi connectivity index (χ2n) is 7.18. The molecule has 1 aromatic carbocycles. The highest BCUT2D eigenvalue weighted by Gasteiger charge is 2.33. The number of nitrogens with zero attached hydrogens (tertiary/aromatic N) is 2. The lowest BCUT2D eigenvalue weighted by atomic mass is 10.0. The fraction of sp³-hybridized carbons (Fsp3) is 0.600. The predicted molar refractivity (Wildman–Crippen MR) is 101 cm³/mol. The van der Waals surface area contributed by atoms with E-state index in [1.807, 2.05) is 51.1 Å². The maximum absolute atomic E-state index is 12.6. The molecule has 2 atom stereocenters. The summed E-state index contributed by atoms with van der Waals surface area (Å²) in [6.45, 7) is 7.85. The molecule has 144 valence electrons. The molecule has 6 heteroatoms. The Bertz CT molecular complexity index is 591. The first-order valence-corrected chi connectivity index (χ1v) is 9.45. The van der Waals surface area contributed by atoms with Gasteiger partial charge >= 0.3 is 6.09 Å². The molecule has 26 heavy (non-hydrogen) atoms. The van der Waals surface area contributed by atoms with E-state index in [1.54, 1.807) is 9.80 Å². The molecule has 0 spiro atoms. The van der Waals surface area contributed by atoms with E-state index in [9.17, 15) is 9.59 Å². The van der Waals surface area contributed by atoms with Crippen molar-refractivity contribution >= 4 is 12.0 Å². The van der Waals surface area contributed by atoms with Crippen LogP contribution in [0.2, 0.25) is 0 Å². The second kappa shape index (κ2) is 9.57. The van der Waals surface area contributed by atoms with E-state index in [-0.39, 0.29) is 30.6 Å². The third-order valence-electron chi connectivity index (χ3n) is 4.94. The fourth-order valence-corrected chi connectivity index (χ4v) is 3.19. The number of likely N-dealkylation sites (tertiary alicyclic amines) is 1. The summed E-state index contributed by atoms with van der Waals surface area (Å²) in [7, 11) is 0. The average Bonchev–Trinajstić information content (AvgIpc) is 3.12. The first kappa shape index (κ1) is 20.2. The van der Waals surface area contributed by atoms with Crippen molar-refractivity contribution in [2.75, 3.05) is 19.6 Å². The molecule has 1 aliphatic rings. The van der Waals surface area contributed by atoms with Crippen LogP contribution in [0.25, 0.3) is 0 Å². The smallest absolute Gasteiger partial charge is 0.410 e. The maximum atomic E-state index is 12.6. The zero-order valence-electron chi connectivity index (χ0n) is 16.1. The Kier molecular flexibility index (Phi) is 7.45. The number of nitrogens with two attached hydrogens (primary N) is 1. The van der Waals surface area contributed by atoms with Crippen molar-refractivity contribution in [1.29, 1.82) is 0 Å². The van der Waals surface area contributed by atoms with Crippen LogP contribution in [0.5, 0.6) is 0 Å². The van der Waals surface area contributed by atoms with E-state index in [0.717, 1.165) is 18.4 Å². The average molecular weight is 361 g/mol. The number of ether oxygens (including phenoxy) is 1. The lowest BCUT2D eigenvalue weighted by molar-refractivity contribution is -0.134. The van der Waals surface area contributed by atoms with E-state index in [2.05, 4.69) is 0 Å². The van der Waals surface area contributed by atoms with Gasteiger partial charge in [-0.05, 0) is 31.2 Å². The van der Waals surface area contributed by atoms with Gasteiger partial charge in [0, 0.05) is 19.6 Å². The van der Waals surface area contributed by atoms with Crippen molar-refractivity contribution in [1.82, 2.24) is 9.80 Å². The molecule has 1 aromatic rings. The number of amides is 2. The molecule has 2 amide bonds. The predicted octanol–water partition coefficient (Wildman–Crippen LogP) is 2.62. The lowest BCUT2D eigenvalue weighted by Crippen LogP contribution is -2.51. The van der Waals surface area contributed by atoms with E-state index < -0.39 is 6.04 Å². The largest absolute Gasteiger partial charge is 0.445 e. The number of hydrogen-bond donors (Lipinski definition) is 1. The summed E-state index contributed by atoms with van der Waals surface area (Å²) in [5.41, 5.74) is 6.98. The third-order valence-corrected chi connectivity index (χ3v) is 4.94. The molecule has 1 heterocycles. The molecule has 2 N–H and O–H groups in total. The minimum absolute atomic E-state index is 0.0125. The van der Waals surface area contributed by atoms with Gasteiger partial charge in [0.25, 0.3) is 0 Å². The van der Waals surface area contributed by atoms with E-state index in [1.165, 1.54) is 0 Å². The summed E-state index contributed by atoms with van der Waals surface area (Å²) in [6.07, 6.45) is 1.49. The summed E-state index contributed by atoms with van der Waals surface area (Å²) in [4.78, 5) is 28.6. The summed E-state index contributed by atoms with van der Waals surface area (Å²) >= 11 is 0. The van der Waals surface area contributed by atoms with Crippen molar-refractivity contribution in [3.63, 3.8) is 0 Å². The standard InChI is InChI=1S/C20H31N3O3/c1-4-22(19(24)18(21)15(2)3)13-17-11-8-12-23(17)20(25)26-14-16-9-6-5-7-10-16/h5-7,9-10,15,17-18H,4,8,11-14,21H2,1-3H3. The van der Waals surface area contributed by atoms with Gasteiger partial charge in [-0.3, -0.25) is 4.79 Å². The molecule has 0 radical (unpaired) electrons. The summed E-state index contributed by atoms with van der Waals surface area (Å²) in [5.74, 6) is 0.0408. The van der Waals surface area contributed by atoms with Crippen LogP contribution in [0.4, 0.5) is 4.79 Å². The van der Waals surface area contributed by atoms with Crippen LogP contribution in [0.1, 0.15) is 39.2 Å². The lowest BCUT2D eigenvalue weighted by Gasteiger charge is -2.32. The highest BCUT2D eigenvalue weighted by molar-refractivity contribution is 5.82. The molecule has 6 nitrogen and oxygen atoms in total. The van der Waals surface area contributed by atoms with Crippen LogP contribution < -0.4 is 5.73 Å². The molecule has 2 unspecified atom stereocenters. The van der Waals surface area contributed by atoms with Crippen LogP contribution in [-0.4, -0.2) is 53.5 Å². The number of likely N-dealkylation sites (N-methyl/N-ethyl adjacent to an activating group) is 1. The fourth-order valence-electron chi connectivity index (χ4n) is 3.19. The molecule has 1 fully saturated rings. The van der Waals surface area contributed by atoms with Crippen LogP contribution in [-0.2, 0) is 16.1 Å². The Morgan fingerprint density at radius 3 is 2.62 bits per heavy atom. The quantitative estimate of drug-likeness (QED) is 0.810. The highest BCUT2D eigenvalue weighted by atomic mass is 16.6. The molecule has 0 aromatic heterocycles. The van der Waals surface area contributed by atoms with Gasteiger partial charge in [-0.25, -0.2) is 4.79 Å². The SMILES string of the molecule is CCN(CC1CCCN1C(=O)OCc1ccccc1)C(=O)C(N)C(C)C. The number of rotatable bonds is 7. The summed E-state index contributed by atoms with van der Waals surface area (Å²) < 4.78 is 5.46. The maximum Gasteiger partial charge on any atom is 0.410 e. The summed E-state index contributed by atoms with van der Waals surface area (Å²) in [6, 6.07) is 9.12. The van der Waals surface area contributed by atoms with Gasteiger partial charge < -0.3 is 20.3 Å². The van der Waals surface area contributed by atoms with Crippen molar-refractivity contribution in [2.24, 2.45) is 11.7 Å². The van der Waals surface area contributed by atoms with Crippen LogP contribution >= 0.6 is 0 Å². The van der Waals surface area contributed by atoms with Gasteiger partial charge in [0.1, 0.15) is 6.61 Å². The van der Waals surface area contributed by atoms with Gasteiger partial charge in [0.2, 0.25) is 5.91 Å². The zero-order valence-corrected chi connectivity index (χ0v) is 16.1. The van der Waals surface area contributed by atoms with Gasteiger partial charge in [0.15, 0.2) is 0 Å². The van der Waals surface area contributed by atoms with Crippen LogP contribution in [0.3, 0.4) is 0 Å². The Morgan fingerprint density at radius 2 is 2.00 bits per heavy atom. The Balaban J connectivity index is 1.93. The van der Waals surface area contributed by atoms with Crippen molar-refractivity contribution in [2.45, 2.75) is 52.3 Å². The van der Waals surface area contributed by atoms with E-state index in [4.69, 9.17) is 10.5 Å². The number of carbonyl (C=O) groups is 2. The Labute approximate surface area is 156 Å². The van der Waals surface area contributed by atoms with E-state index >= 15 is 0 Å². The van der Waals surface area contributed by atoms with Gasteiger partial charge in [-0.15, -0.1) is 0 Å². The van der Waals surface area contributed by atoms with Crippen molar-refractivity contribution < 1.29 is 14.3 Å². The zero-order chi connectivity index (χ0) is 19.1. The molecule has 0 aliphatic carbocycles. The van der Waals surface area contributed by atoms with Crippen molar-refractivity contribution in [3.05, 3.63) is 35.9 Å². The minimum Gasteiger partial charge on any atom is -0.445 e. The Morgan fingerprint density at radius 1 is 1.31 bits per heavy atom. The van der Waals surface area contributed by atoms with Crippen LogP contribution in [0, 0.1) is 5.92 Å². The minimum atomic E-state index is -0.505. The summed E-state index contributed by atoms with van der Waals surface area (Å²) in [5, 5.41) is 0. The van der Waals surface area contributed by atoms with Gasteiger partial charge in [-0.2, -0.15) is 0 Å².